The second-order valence-electron chi connectivity index (χ2n) is 5.58. The van der Waals surface area contributed by atoms with Gasteiger partial charge in [0.2, 0.25) is 11.0 Å². The number of anilines is 2. The number of aromatic nitrogens is 2. The average Bonchev–Trinajstić information content (AvgIpc) is 3.15. The summed E-state index contributed by atoms with van der Waals surface area (Å²) in [5.41, 5.74) is 2.81. The number of nitrogens with one attached hydrogen (secondary N) is 2. The Kier molecular flexibility index (Phi) is 6.79. The van der Waals surface area contributed by atoms with Crippen LogP contribution in [0.2, 0.25) is 0 Å². The zero-order valence-electron chi connectivity index (χ0n) is 14.4. The van der Waals surface area contributed by atoms with Crippen LogP contribution in [0.25, 0.3) is 0 Å². The highest BCUT2D eigenvalue weighted by Gasteiger charge is 2.08. The van der Waals surface area contributed by atoms with E-state index in [9.17, 15) is 4.79 Å². The molecular formula is C19H17N5OS2. The van der Waals surface area contributed by atoms with Crippen LogP contribution in [0, 0.1) is 11.3 Å². The molecule has 6 nitrogen and oxygen atoms in total. The molecule has 1 aromatic heterocycles. The first-order valence-electron chi connectivity index (χ1n) is 8.23. The van der Waals surface area contributed by atoms with E-state index in [4.69, 9.17) is 5.26 Å². The van der Waals surface area contributed by atoms with Crippen LogP contribution in [-0.2, 0) is 17.8 Å². The van der Waals surface area contributed by atoms with Gasteiger partial charge in [0.25, 0.3) is 0 Å². The maximum atomic E-state index is 12.1. The van der Waals surface area contributed by atoms with E-state index in [0.29, 0.717) is 18.7 Å². The third-order valence-electron chi connectivity index (χ3n) is 3.54. The molecular weight excluding hydrogens is 378 g/mol. The molecule has 3 aromatic rings. The molecule has 1 amide bonds. The number of hydrogen-bond acceptors (Lipinski definition) is 7. The molecule has 0 spiro atoms. The van der Waals surface area contributed by atoms with Gasteiger partial charge in [-0.1, -0.05) is 65.6 Å². The van der Waals surface area contributed by atoms with E-state index in [2.05, 4.69) is 26.9 Å². The Morgan fingerprint density at radius 1 is 1.07 bits per heavy atom. The molecule has 0 aliphatic heterocycles. The SMILES string of the molecule is N#CCc1ccc(NC(=O)CSc2nnc(NCc3ccccc3)s2)cc1. The number of nitriles is 1. The maximum Gasteiger partial charge on any atom is 0.234 e. The molecule has 0 bridgehead atoms. The molecule has 0 saturated heterocycles. The van der Waals surface area contributed by atoms with Crippen LogP contribution in [0.1, 0.15) is 11.1 Å². The Hall–Kier alpha value is -2.89. The van der Waals surface area contributed by atoms with E-state index >= 15 is 0 Å². The number of thioether (sulfide) groups is 1. The van der Waals surface area contributed by atoms with Crippen molar-refractivity contribution < 1.29 is 4.79 Å². The lowest BCUT2D eigenvalue weighted by molar-refractivity contribution is -0.113. The number of benzene rings is 2. The van der Waals surface area contributed by atoms with Crippen molar-refractivity contribution in [2.45, 2.75) is 17.3 Å². The predicted molar refractivity (Wildman–Crippen MR) is 109 cm³/mol. The first-order chi connectivity index (χ1) is 13.2. The highest BCUT2D eigenvalue weighted by Crippen LogP contribution is 2.26. The van der Waals surface area contributed by atoms with E-state index in [1.807, 2.05) is 42.5 Å². The van der Waals surface area contributed by atoms with Crippen molar-refractivity contribution in [3.8, 4) is 6.07 Å². The number of carbonyl (C=O) groups is 1. The van der Waals surface area contributed by atoms with Gasteiger partial charge in [0, 0.05) is 12.2 Å². The largest absolute Gasteiger partial charge is 0.356 e. The fourth-order valence-corrected chi connectivity index (χ4v) is 3.78. The second-order valence-corrected chi connectivity index (χ2v) is 7.78. The van der Waals surface area contributed by atoms with Gasteiger partial charge in [-0.3, -0.25) is 4.79 Å². The summed E-state index contributed by atoms with van der Waals surface area (Å²) in [6, 6.07) is 19.4. The smallest absolute Gasteiger partial charge is 0.234 e. The highest BCUT2D eigenvalue weighted by molar-refractivity contribution is 8.01. The lowest BCUT2D eigenvalue weighted by Gasteiger charge is -2.04. The van der Waals surface area contributed by atoms with Crippen LogP contribution in [-0.4, -0.2) is 21.9 Å². The van der Waals surface area contributed by atoms with E-state index < -0.39 is 0 Å². The highest BCUT2D eigenvalue weighted by atomic mass is 32.2. The normalized spacial score (nSPS) is 10.2. The predicted octanol–water partition coefficient (Wildman–Crippen LogP) is 3.95. The molecule has 0 aliphatic rings. The van der Waals surface area contributed by atoms with Crippen molar-refractivity contribution >= 4 is 39.8 Å². The quantitative estimate of drug-likeness (QED) is 0.561. The maximum absolute atomic E-state index is 12.1. The molecule has 0 saturated carbocycles. The van der Waals surface area contributed by atoms with Gasteiger partial charge in [0.05, 0.1) is 18.2 Å². The van der Waals surface area contributed by atoms with E-state index in [1.165, 1.54) is 28.7 Å². The van der Waals surface area contributed by atoms with E-state index in [-0.39, 0.29) is 11.7 Å². The summed E-state index contributed by atoms with van der Waals surface area (Å²) in [5, 5.41) is 23.7. The van der Waals surface area contributed by atoms with E-state index in [0.717, 1.165) is 15.0 Å². The molecule has 0 radical (unpaired) electrons. The summed E-state index contributed by atoms with van der Waals surface area (Å²) in [5.74, 6) is 0.148. The molecule has 8 heteroatoms. The zero-order chi connectivity index (χ0) is 18.9. The van der Waals surface area contributed by atoms with Crippen molar-refractivity contribution in [3.63, 3.8) is 0 Å². The molecule has 2 aromatic carbocycles. The Morgan fingerprint density at radius 3 is 2.59 bits per heavy atom. The van der Waals surface area contributed by atoms with Gasteiger partial charge in [-0.15, -0.1) is 10.2 Å². The summed E-state index contributed by atoms with van der Waals surface area (Å²) >= 11 is 2.78. The van der Waals surface area contributed by atoms with Crippen molar-refractivity contribution in [1.29, 1.82) is 5.26 Å². The van der Waals surface area contributed by atoms with Crippen LogP contribution in [0.3, 0.4) is 0 Å². The third kappa shape index (κ3) is 6.09. The van der Waals surface area contributed by atoms with Crippen LogP contribution in [0.5, 0.6) is 0 Å². The summed E-state index contributed by atoms with van der Waals surface area (Å²) in [6.07, 6.45) is 0.363. The van der Waals surface area contributed by atoms with Gasteiger partial charge < -0.3 is 10.6 Å². The van der Waals surface area contributed by atoms with Crippen molar-refractivity contribution in [2.75, 3.05) is 16.4 Å². The molecule has 3 rings (SSSR count). The van der Waals surface area contributed by atoms with Gasteiger partial charge in [-0.25, -0.2) is 0 Å². The number of nitrogens with zero attached hydrogens (tertiary/aromatic N) is 3. The topological polar surface area (TPSA) is 90.7 Å². The third-order valence-corrected chi connectivity index (χ3v) is 5.55. The molecule has 0 fully saturated rings. The molecule has 0 unspecified atom stereocenters. The summed E-state index contributed by atoms with van der Waals surface area (Å²) < 4.78 is 0.741. The Bertz CT molecular complexity index is 919. The fraction of sp³-hybridized carbons (Fsp3) is 0.158. The van der Waals surface area contributed by atoms with Crippen molar-refractivity contribution in [1.82, 2.24) is 10.2 Å². The summed E-state index contributed by atoms with van der Waals surface area (Å²) in [4.78, 5) is 12.1. The van der Waals surface area contributed by atoms with Crippen LogP contribution in [0.4, 0.5) is 10.8 Å². The minimum absolute atomic E-state index is 0.109. The van der Waals surface area contributed by atoms with Crippen LogP contribution >= 0.6 is 23.1 Å². The van der Waals surface area contributed by atoms with Gasteiger partial charge in [0.15, 0.2) is 4.34 Å². The molecule has 0 aliphatic carbocycles. The van der Waals surface area contributed by atoms with Gasteiger partial charge in [0.1, 0.15) is 0 Å². The van der Waals surface area contributed by atoms with Crippen LogP contribution < -0.4 is 10.6 Å². The number of rotatable bonds is 8. The van der Waals surface area contributed by atoms with Gasteiger partial charge in [-0.2, -0.15) is 5.26 Å². The first-order valence-corrected chi connectivity index (χ1v) is 10.0. The standard InChI is InChI=1S/C19H17N5OS2/c20-11-10-14-6-8-16(9-7-14)22-17(25)13-26-19-24-23-18(27-19)21-12-15-4-2-1-3-5-15/h1-9H,10,12-13H2,(H,21,23)(H,22,25). The Morgan fingerprint density at radius 2 is 1.85 bits per heavy atom. The van der Waals surface area contributed by atoms with Gasteiger partial charge >= 0.3 is 0 Å². The zero-order valence-corrected chi connectivity index (χ0v) is 16.0. The monoisotopic (exact) mass is 395 g/mol. The van der Waals surface area contributed by atoms with Gasteiger partial charge in [-0.05, 0) is 23.3 Å². The number of carbonyl (C=O) groups excluding carboxylic acids is 1. The Labute approximate surface area is 165 Å². The molecule has 27 heavy (non-hydrogen) atoms. The second kappa shape index (κ2) is 9.71. The number of hydrogen-bond donors (Lipinski definition) is 2. The van der Waals surface area contributed by atoms with Crippen molar-refractivity contribution in [3.05, 3.63) is 65.7 Å². The Balaban J connectivity index is 1.43. The summed E-state index contributed by atoms with van der Waals surface area (Å²) in [6.45, 7) is 0.683. The molecule has 2 N–H and O–H groups in total. The molecule has 1 heterocycles. The number of amides is 1. The average molecular weight is 396 g/mol. The summed E-state index contributed by atoms with van der Waals surface area (Å²) in [7, 11) is 0. The molecule has 0 atom stereocenters. The lowest BCUT2D eigenvalue weighted by atomic mass is 10.1. The van der Waals surface area contributed by atoms with Crippen LogP contribution in [0.15, 0.2) is 58.9 Å². The minimum Gasteiger partial charge on any atom is -0.356 e. The molecule has 136 valence electrons. The first kappa shape index (κ1) is 18.9. The lowest BCUT2D eigenvalue weighted by Crippen LogP contribution is -2.13. The fourth-order valence-electron chi connectivity index (χ4n) is 2.23. The van der Waals surface area contributed by atoms with E-state index in [1.54, 1.807) is 12.1 Å². The minimum atomic E-state index is -0.109. The van der Waals surface area contributed by atoms with Crippen molar-refractivity contribution in [2.24, 2.45) is 0 Å².